The number of anilines is 1. The zero-order valence-electron chi connectivity index (χ0n) is 15.2. The Morgan fingerprint density at radius 2 is 1.59 bits per heavy atom. The second-order valence-corrected chi connectivity index (χ2v) is 7.78. The first-order valence-electron chi connectivity index (χ1n) is 8.39. The van der Waals surface area contributed by atoms with Crippen LogP contribution in [0.1, 0.15) is 27.3 Å². The predicted molar refractivity (Wildman–Crippen MR) is 106 cm³/mol. The summed E-state index contributed by atoms with van der Waals surface area (Å²) < 4.78 is 27.1. The molecule has 6 nitrogen and oxygen atoms in total. The van der Waals surface area contributed by atoms with Crippen molar-refractivity contribution in [1.29, 1.82) is 0 Å². The number of ketones is 1. The van der Waals surface area contributed by atoms with Crippen LogP contribution in [-0.2, 0) is 23.8 Å². The molecule has 0 saturated carbocycles. The first kappa shape index (κ1) is 18.9. The molecule has 0 aliphatic heterocycles. The minimum Gasteiger partial charge on any atom is -0.343 e. The molecule has 7 heteroatoms. The van der Waals surface area contributed by atoms with Crippen LogP contribution in [0, 0.1) is 6.92 Å². The van der Waals surface area contributed by atoms with E-state index in [1.807, 2.05) is 31.2 Å². The highest BCUT2D eigenvalue weighted by molar-refractivity contribution is 7.90. The third kappa shape index (κ3) is 3.94. The Labute approximate surface area is 159 Å². The standard InChI is InChI=1S/C20H21N3O3S/c1-15-13-18(14-23(27(21,25)26)17-11-7-4-8-12-17)22(2)19(15)20(24)16-9-5-3-6-10-16/h3-13H,14H2,1-2H3,(H2,21,25,26). The van der Waals surface area contributed by atoms with E-state index in [1.54, 1.807) is 54.1 Å². The molecular formula is C20H21N3O3S. The van der Waals surface area contributed by atoms with Gasteiger partial charge in [-0.3, -0.25) is 9.10 Å². The number of hydrogen-bond donors (Lipinski definition) is 1. The monoisotopic (exact) mass is 383 g/mol. The summed E-state index contributed by atoms with van der Waals surface area (Å²) >= 11 is 0. The first-order chi connectivity index (χ1) is 12.8. The Morgan fingerprint density at radius 3 is 2.15 bits per heavy atom. The highest BCUT2D eigenvalue weighted by Gasteiger charge is 2.23. The third-order valence-corrected chi connectivity index (χ3v) is 5.39. The first-order valence-corrected chi connectivity index (χ1v) is 9.90. The summed E-state index contributed by atoms with van der Waals surface area (Å²) in [7, 11) is -2.22. The van der Waals surface area contributed by atoms with Crippen LogP contribution in [0.3, 0.4) is 0 Å². The van der Waals surface area contributed by atoms with E-state index in [4.69, 9.17) is 5.14 Å². The van der Waals surface area contributed by atoms with Gasteiger partial charge in [0.05, 0.1) is 17.9 Å². The van der Waals surface area contributed by atoms with Gasteiger partial charge in [0.2, 0.25) is 5.78 Å². The van der Waals surface area contributed by atoms with E-state index in [0.29, 0.717) is 22.6 Å². The average molecular weight is 383 g/mol. The molecule has 27 heavy (non-hydrogen) atoms. The number of aryl methyl sites for hydroxylation is 1. The van der Waals surface area contributed by atoms with Gasteiger partial charge in [0.15, 0.2) is 0 Å². The Kier molecular flexibility index (Phi) is 5.16. The SMILES string of the molecule is Cc1cc(CN(c2ccccc2)S(N)(=O)=O)n(C)c1C(=O)c1ccccc1. The van der Waals surface area contributed by atoms with Crippen LogP contribution >= 0.6 is 0 Å². The minimum absolute atomic E-state index is 0.0300. The smallest absolute Gasteiger partial charge is 0.299 e. The lowest BCUT2D eigenvalue weighted by molar-refractivity contribution is 0.103. The lowest BCUT2D eigenvalue weighted by Crippen LogP contribution is -2.36. The molecule has 1 aromatic heterocycles. The van der Waals surface area contributed by atoms with Gasteiger partial charge in [-0.15, -0.1) is 0 Å². The topological polar surface area (TPSA) is 85.4 Å². The molecule has 2 aromatic carbocycles. The fourth-order valence-corrected chi connectivity index (χ4v) is 3.83. The van der Waals surface area contributed by atoms with Gasteiger partial charge < -0.3 is 4.57 Å². The lowest BCUT2D eigenvalue weighted by Gasteiger charge is -2.22. The molecule has 0 fully saturated rings. The van der Waals surface area contributed by atoms with Crippen LogP contribution < -0.4 is 9.44 Å². The highest BCUT2D eigenvalue weighted by atomic mass is 32.2. The Bertz CT molecular complexity index is 1060. The summed E-state index contributed by atoms with van der Waals surface area (Å²) in [4.78, 5) is 12.9. The molecule has 0 unspecified atom stereocenters. The number of carbonyl (C=O) groups excluding carboxylic acids is 1. The molecule has 2 N–H and O–H groups in total. The Hall–Kier alpha value is -2.90. The maximum Gasteiger partial charge on any atom is 0.299 e. The third-order valence-electron chi connectivity index (χ3n) is 4.43. The number of benzene rings is 2. The Morgan fingerprint density at radius 1 is 1.04 bits per heavy atom. The second-order valence-electron chi connectivity index (χ2n) is 6.31. The van der Waals surface area contributed by atoms with E-state index in [2.05, 4.69) is 0 Å². The molecule has 0 amide bonds. The average Bonchev–Trinajstić information content (AvgIpc) is 2.93. The number of nitrogens with zero attached hydrogens (tertiary/aromatic N) is 2. The molecule has 0 aliphatic rings. The normalized spacial score (nSPS) is 11.4. The van der Waals surface area contributed by atoms with Gasteiger partial charge >= 0.3 is 0 Å². The van der Waals surface area contributed by atoms with Crippen LogP contribution in [0.4, 0.5) is 5.69 Å². The maximum atomic E-state index is 12.9. The van der Waals surface area contributed by atoms with Crippen LogP contribution in [0.2, 0.25) is 0 Å². The molecular weight excluding hydrogens is 362 g/mol. The number of aromatic nitrogens is 1. The Balaban J connectivity index is 2.00. The van der Waals surface area contributed by atoms with Gasteiger partial charge in [0.1, 0.15) is 0 Å². The predicted octanol–water partition coefficient (Wildman–Crippen LogP) is 2.77. The van der Waals surface area contributed by atoms with Crippen LogP contribution in [-0.4, -0.2) is 18.8 Å². The van der Waals surface area contributed by atoms with E-state index < -0.39 is 10.2 Å². The fraction of sp³-hybridized carbons (Fsp3) is 0.150. The van der Waals surface area contributed by atoms with Crippen molar-refractivity contribution < 1.29 is 13.2 Å². The highest BCUT2D eigenvalue weighted by Crippen LogP contribution is 2.23. The molecule has 0 radical (unpaired) electrons. The van der Waals surface area contributed by atoms with Crippen molar-refractivity contribution >= 4 is 21.7 Å². The van der Waals surface area contributed by atoms with E-state index in [9.17, 15) is 13.2 Å². The van der Waals surface area contributed by atoms with Crippen molar-refractivity contribution in [3.8, 4) is 0 Å². The molecule has 0 bridgehead atoms. The number of para-hydroxylation sites is 1. The maximum absolute atomic E-state index is 12.9. The minimum atomic E-state index is -3.97. The van der Waals surface area contributed by atoms with Gasteiger partial charge in [-0.1, -0.05) is 48.5 Å². The molecule has 0 aliphatic carbocycles. The quantitative estimate of drug-likeness (QED) is 0.664. The molecule has 3 aromatic rings. The summed E-state index contributed by atoms with van der Waals surface area (Å²) in [5, 5.41) is 5.43. The van der Waals surface area contributed by atoms with Crippen LogP contribution in [0.25, 0.3) is 0 Å². The fourth-order valence-electron chi connectivity index (χ4n) is 3.10. The van der Waals surface area contributed by atoms with Crippen LogP contribution in [0.5, 0.6) is 0 Å². The van der Waals surface area contributed by atoms with Gasteiger partial charge in [-0.25, -0.2) is 5.14 Å². The summed E-state index contributed by atoms with van der Waals surface area (Å²) in [5.74, 6) is -0.108. The number of carbonyl (C=O) groups is 1. The second kappa shape index (κ2) is 7.38. The zero-order valence-corrected chi connectivity index (χ0v) is 16.0. The molecule has 0 spiro atoms. The van der Waals surface area contributed by atoms with E-state index in [-0.39, 0.29) is 12.3 Å². The van der Waals surface area contributed by atoms with Gasteiger partial charge in [-0.05, 0) is 30.7 Å². The van der Waals surface area contributed by atoms with E-state index in [0.717, 1.165) is 9.87 Å². The summed E-state index contributed by atoms with van der Waals surface area (Å²) in [6.45, 7) is 1.87. The van der Waals surface area contributed by atoms with Gasteiger partial charge in [-0.2, -0.15) is 8.42 Å². The zero-order chi connectivity index (χ0) is 19.6. The lowest BCUT2D eigenvalue weighted by atomic mass is 10.1. The van der Waals surface area contributed by atoms with Crippen molar-refractivity contribution in [2.45, 2.75) is 13.5 Å². The van der Waals surface area contributed by atoms with Crippen LogP contribution in [0.15, 0.2) is 66.7 Å². The molecule has 3 rings (SSSR count). The van der Waals surface area contributed by atoms with Gasteiger partial charge in [0, 0.05) is 18.3 Å². The number of hydrogen-bond acceptors (Lipinski definition) is 3. The molecule has 0 saturated heterocycles. The summed E-state index contributed by atoms with van der Waals surface area (Å²) in [6, 6.07) is 19.4. The molecule has 0 atom stereocenters. The van der Waals surface area contributed by atoms with Crippen molar-refractivity contribution in [2.24, 2.45) is 12.2 Å². The van der Waals surface area contributed by atoms with E-state index >= 15 is 0 Å². The van der Waals surface area contributed by atoms with Crippen molar-refractivity contribution in [3.63, 3.8) is 0 Å². The van der Waals surface area contributed by atoms with Crippen molar-refractivity contribution in [2.75, 3.05) is 4.31 Å². The summed E-state index contributed by atoms with van der Waals surface area (Å²) in [5.41, 5.74) is 3.03. The molecule has 1 heterocycles. The molecule has 140 valence electrons. The summed E-state index contributed by atoms with van der Waals surface area (Å²) in [6.07, 6.45) is 0. The number of rotatable bonds is 6. The largest absolute Gasteiger partial charge is 0.343 e. The van der Waals surface area contributed by atoms with Crippen molar-refractivity contribution in [1.82, 2.24) is 4.57 Å². The van der Waals surface area contributed by atoms with Gasteiger partial charge in [0.25, 0.3) is 10.2 Å². The number of nitrogens with two attached hydrogens (primary N) is 1. The van der Waals surface area contributed by atoms with Crippen molar-refractivity contribution in [3.05, 3.63) is 89.2 Å². The van der Waals surface area contributed by atoms with E-state index in [1.165, 1.54) is 0 Å².